The molecular formula is C17H24N2O5. The van der Waals surface area contributed by atoms with Gasteiger partial charge in [-0.25, -0.2) is 0 Å². The van der Waals surface area contributed by atoms with Crippen molar-refractivity contribution in [1.29, 1.82) is 0 Å². The quantitative estimate of drug-likeness (QED) is 0.666. The molecule has 0 aliphatic heterocycles. The fourth-order valence-electron chi connectivity index (χ4n) is 1.99. The minimum Gasteiger partial charge on any atom is -0.494 e. The predicted octanol–water partition coefficient (Wildman–Crippen LogP) is 1.43. The Balaban J connectivity index is 2.78. The number of amides is 2. The van der Waals surface area contributed by atoms with Crippen LogP contribution in [-0.4, -0.2) is 41.6 Å². The average molecular weight is 336 g/mol. The highest BCUT2D eigenvalue weighted by Crippen LogP contribution is 2.13. The topological polar surface area (TPSA) is 105 Å². The fourth-order valence-corrected chi connectivity index (χ4v) is 1.99. The van der Waals surface area contributed by atoms with E-state index < -0.39 is 29.9 Å². The van der Waals surface area contributed by atoms with Crippen molar-refractivity contribution in [2.24, 2.45) is 5.92 Å². The summed E-state index contributed by atoms with van der Waals surface area (Å²) < 4.78 is 5.31. The van der Waals surface area contributed by atoms with E-state index in [1.165, 1.54) is 6.92 Å². The van der Waals surface area contributed by atoms with Crippen LogP contribution in [-0.2, 0) is 9.59 Å². The molecule has 1 aromatic rings. The Labute approximate surface area is 141 Å². The van der Waals surface area contributed by atoms with E-state index in [-0.39, 0.29) is 5.92 Å². The molecular weight excluding hydrogens is 312 g/mol. The second kappa shape index (κ2) is 8.90. The smallest absolute Gasteiger partial charge is 0.325 e. The van der Waals surface area contributed by atoms with Crippen LogP contribution >= 0.6 is 0 Å². The Hall–Kier alpha value is -2.57. The number of carbonyl (C=O) groups is 3. The van der Waals surface area contributed by atoms with E-state index in [0.29, 0.717) is 17.9 Å². The summed E-state index contributed by atoms with van der Waals surface area (Å²) in [6, 6.07) is 4.71. The molecule has 2 unspecified atom stereocenters. The van der Waals surface area contributed by atoms with Crippen molar-refractivity contribution in [2.45, 2.75) is 39.8 Å². The van der Waals surface area contributed by atoms with Gasteiger partial charge in [0.25, 0.3) is 5.91 Å². The van der Waals surface area contributed by atoms with E-state index in [4.69, 9.17) is 9.84 Å². The third-order valence-electron chi connectivity index (χ3n) is 3.39. The molecule has 2 atom stereocenters. The molecule has 0 saturated heterocycles. The van der Waals surface area contributed by atoms with Crippen molar-refractivity contribution in [3.63, 3.8) is 0 Å². The van der Waals surface area contributed by atoms with Gasteiger partial charge in [-0.2, -0.15) is 0 Å². The van der Waals surface area contributed by atoms with Gasteiger partial charge in [0.1, 0.15) is 17.8 Å². The largest absolute Gasteiger partial charge is 0.494 e. The van der Waals surface area contributed by atoms with Gasteiger partial charge in [0.05, 0.1) is 6.61 Å². The highest BCUT2D eigenvalue weighted by atomic mass is 16.5. The van der Waals surface area contributed by atoms with Gasteiger partial charge in [0.15, 0.2) is 0 Å². The third-order valence-corrected chi connectivity index (χ3v) is 3.39. The molecule has 0 radical (unpaired) electrons. The SMILES string of the molecule is CCOc1ccc(C(=O)NC(C(=O)NC(C)C(=O)O)C(C)C)cc1. The molecule has 0 spiro atoms. The molecule has 1 rings (SSSR count). The molecule has 7 heteroatoms. The number of rotatable bonds is 8. The molecule has 7 nitrogen and oxygen atoms in total. The Morgan fingerprint density at radius 1 is 1.08 bits per heavy atom. The number of carboxylic acids is 1. The van der Waals surface area contributed by atoms with Crippen molar-refractivity contribution in [3.8, 4) is 5.75 Å². The summed E-state index contributed by atoms with van der Waals surface area (Å²) in [7, 11) is 0. The standard InChI is InChI=1S/C17H24N2O5/c1-5-24-13-8-6-12(7-9-13)15(20)19-14(10(2)3)16(21)18-11(4)17(22)23/h6-11,14H,5H2,1-4H3,(H,18,21)(H,19,20)(H,22,23). The zero-order valence-electron chi connectivity index (χ0n) is 14.3. The first-order valence-electron chi connectivity index (χ1n) is 7.83. The zero-order valence-corrected chi connectivity index (χ0v) is 14.3. The van der Waals surface area contributed by atoms with Crippen LogP contribution in [0.4, 0.5) is 0 Å². The van der Waals surface area contributed by atoms with E-state index >= 15 is 0 Å². The lowest BCUT2D eigenvalue weighted by Gasteiger charge is -2.23. The number of ether oxygens (including phenoxy) is 1. The van der Waals surface area contributed by atoms with E-state index in [1.807, 2.05) is 6.92 Å². The highest BCUT2D eigenvalue weighted by Gasteiger charge is 2.27. The van der Waals surface area contributed by atoms with Crippen LogP contribution in [0.3, 0.4) is 0 Å². The molecule has 0 saturated carbocycles. The van der Waals surface area contributed by atoms with Crippen LogP contribution in [0.1, 0.15) is 38.1 Å². The van der Waals surface area contributed by atoms with Crippen LogP contribution in [0.25, 0.3) is 0 Å². The monoisotopic (exact) mass is 336 g/mol. The van der Waals surface area contributed by atoms with Crippen molar-refractivity contribution in [1.82, 2.24) is 10.6 Å². The summed E-state index contributed by atoms with van der Waals surface area (Å²) in [6.07, 6.45) is 0. The molecule has 0 fully saturated rings. The molecule has 0 aliphatic carbocycles. The molecule has 0 bridgehead atoms. The summed E-state index contributed by atoms with van der Waals surface area (Å²) in [4.78, 5) is 35.3. The van der Waals surface area contributed by atoms with Gasteiger partial charge in [-0.1, -0.05) is 13.8 Å². The van der Waals surface area contributed by atoms with Crippen LogP contribution in [0.5, 0.6) is 5.75 Å². The van der Waals surface area contributed by atoms with Gasteiger partial charge in [-0.05, 0) is 44.0 Å². The summed E-state index contributed by atoms with van der Waals surface area (Å²) in [5.41, 5.74) is 0.392. The van der Waals surface area contributed by atoms with Gasteiger partial charge >= 0.3 is 5.97 Å². The molecule has 0 aromatic heterocycles. The van der Waals surface area contributed by atoms with Gasteiger partial charge in [0, 0.05) is 5.56 Å². The lowest BCUT2D eigenvalue weighted by atomic mass is 10.0. The summed E-state index contributed by atoms with van der Waals surface area (Å²) >= 11 is 0. The second-order valence-electron chi connectivity index (χ2n) is 5.72. The first-order valence-corrected chi connectivity index (χ1v) is 7.83. The lowest BCUT2D eigenvalue weighted by Crippen LogP contribution is -2.53. The first kappa shape index (κ1) is 19.5. The maximum Gasteiger partial charge on any atom is 0.325 e. The van der Waals surface area contributed by atoms with Crippen molar-refractivity contribution < 1.29 is 24.2 Å². The molecule has 24 heavy (non-hydrogen) atoms. The molecule has 3 N–H and O–H groups in total. The maximum atomic E-state index is 12.3. The minimum absolute atomic E-state index is 0.197. The number of nitrogens with one attached hydrogen (secondary N) is 2. The number of benzene rings is 1. The van der Waals surface area contributed by atoms with Gasteiger partial charge in [0.2, 0.25) is 5.91 Å². The van der Waals surface area contributed by atoms with Crippen LogP contribution in [0.15, 0.2) is 24.3 Å². The van der Waals surface area contributed by atoms with Crippen LogP contribution in [0, 0.1) is 5.92 Å². The van der Waals surface area contributed by atoms with Gasteiger partial charge in [-0.3, -0.25) is 14.4 Å². The summed E-state index contributed by atoms with van der Waals surface area (Å²) in [5.74, 6) is -1.61. The fraction of sp³-hybridized carbons (Fsp3) is 0.471. The lowest BCUT2D eigenvalue weighted by molar-refractivity contribution is -0.141. The molecule has 2 amide bonds. The van der Waals surface area contributed by atoms with E-state index in [9.17, 15) is 14.4 Å². The minimum atomic E-state index is -1.14. The molecule has 132 valence electrons. The van der Waals surface area contributed by atoms with Crippen molar-refractivity contribution >= 4 is 17.8 Å². The summed E-state index contributed by atoms with van der Waals surface area (Å²) in [5, 5.41) is 13.9. The van der Waals surface area contributed by atoms with E-state index in [2.05, 4.69) is 10.6 Å². The zero-order chi connectivity index (χ0) is 18.3. The number of hydrogen-bond donors (Lipinski definition) is 3. The van der Waals surface area contributed by atoms with E-state index in [0.717, 1.165) is 0 Å². The Morgan fingerprint density at radius 2 is 1.67 bits per heavy atom. The number of aliphatic carboxylic acids is 1. The van der Waals surface area contributed by atoms with Crippen molar-refractivity contribution in [3.05, 3.63) is 29.8 Å². The molecule has 1 aromatic carbocycles. The first-order chi connectivity index (χ1) is 11.3. The Morgan fingerprint density at radius 3 is 2.12 bits per heavy atom. The van der Waals surface area contributed by atoms with Crippen LogP contribution < -0.4 is 15.4 Å². The van der Waals surface area contributed by atoms with E-state index in [1.54, 1.807) is 38.1 Å². The van der Waals surface area contributed by atoms with Gasteiger partial charge in [-0.15, -0.1) is 0 Å². The average Bonchev–Trinajstić information content (AvgIpc) is 2.52. The van der Waals surface area contributed by atoms with Crippen LogP contribution in [0.2, 0.25) is 0 Å². The predicted molar refractivity (Wildman–Crippen MR) is 88.9 cm³/mol. The molecule has 0 aliphatic rings. The Kier molecular flexibility index (Phi) is 7.23. The number of hydrogen-bond acceptors (Lipinski definition) is 4. The third kappa shape index (κ3) is 5.57. The number of carbonyl (C=O) groups excluding carboxylic acids is 2. The van der Waals surface area contributed by atoms with Gasteiger partial charge < -0.3 is 20.5 Å². The normalized spacial score (nSPS) is 13.0. The second-order valence-corrected chi connectivity index (χ2v) is 5.72. The Bertz CT molecular complexity index is 583. The summed E-state index contributed by atoms with van der Waals surface area (Å²) in [6.45, 7) is 7.31. The number of carboxylic acid groups (broad SMARTS) is 1. The molecule has 0 heterocycles. The van der Waals surface area contributed by atoms with Crippen molar-refractivity contribution in [2.75, 3.05) is 6.61 Å². The maximum absolute atomic E-state index is 12.3. The highest BCUT2D eigenvalue weighted by molar-refractivity contribution is 5.98.